The standard InChI is InChI=1S/C5H8/c1-3-5-4-2/h3H2,1-2H3/i2D. The molecule has 0 saturated heterocycles. The highest BCUT2D eigenvalue weighted by Crippen LogP contribution is 1.62. The van der Waals surface area contributed by atoms with Gasteiger partial charge in [-0.05, 0) is 6.90 Å². The van der Waals surface area contributed by atoms with Crippen LogP contribution in [0.25, 0.3) is 0 Å². The van der Waals surface area contributed by atoms with Crippen LogP contribution in [-0.4, -0.2) is 0 Å². The summed E-state index contributed by atoms with van der Waals surface area (Å²) in [6, 6.07) is 0. The van der Waals surface area contributed by atoms with Crippen LogP contribution in [0.4, 0.5) is 0 Å². The van der Waals surface area contributed by atoms with Crippen molar-refractivity contribution in [1.82, 2.24) is 0 Å². The molecule has 0 bridgehead atoms. The van der Waals surface area contributed by atoms with Crippen LogP contribution < -0.4 is 0 Å². The summed E-state index contributed by atoms with van der Waals surface area (Å²) >= 11 is 0. The Labute approximate surface area is 34.6 Å². The molecule has 0 heteroatoms. The largest absolute Gasteiger partial charge is 0.107 e. The van der Waals surface area contributed by atoms with Crippen molar-refractivity contribution in [2.75, 3.05) is 0 Å². The Morgan fingerprint density at radius 2 is 2.80 bits per heavy atom. The second-order valence-corrected chi connectivity index (χ2v) is 0.707. The van der Waals surface area contributed by atoms with Gasteiger partial charge in [0.1, 0.15) is 0 Å². The van der Waals surface area contributed by atoms with E-state index < -0.39 is 0 Å². The summed E-state index contributed by atoms with van der Waals surface area (Å²) in [6.07, 6.45) is 0.874. The first kappa shape index (κ1) is 2.78. The minimum Gasteiger partial charge on any atom is -0.107 e. The van der Waals surface area contributed by atoms with Gasteiger partial charge in [0.25, 0.3) is 0 Å². The summed E-state index contributed by atoms with van der Waals surface area (Å²) in [4.78, 5) is 0. The van der Waals surface area contributed by atoms with E-state index in [1.54, 1.807) is 0 Å². The van der Waals surface area contributed by atoms with Crippen LogP contribution in [0.2, 0.25) is 0 Å². The molecule has 0 fully saturated rings. The molecule has 0 atom stereocenters. The Hall–Kier alpha value is -0.440. The summed E-state index contributed by atoms with van der Waals surface area (Å²) in [5, 5.41) is 0. The zero-order valence-corrected chi connectivity index (χ0v) is 3.41. The van der Waals surface area contributed by atoms with Gasteiger partial charge in [-0.2, -0.15) is 0 Å². The summed E-state index contributed by atoms with van der Waals surface area (Å²) in [7, 11) is 0. The third kappa shape index (κ3) is 3.56. The van der Waals surface area contributed by atoms with Gasteiger partial charge in [-0.25, -0.2) is 0 Å². The van der Waals surface area contributed by atoms with Gasteiger partial charge in [0, 0.05) is 7.79 Å². The van der Waals surface area contributed by atoms with Gasteiger partial charge in [-0.15, -0.1) is 11.8 Å². The van der Waals surface area contributed by atoms with E-state index in [0.29, 0.717) is 0 Å². The third-order valence-corrected chi connectivity index (χ3v) is 0.302. The molecule has 0 aromatic rings. The quantitative estimate of drug-likeness (QED) is 0.377. The van der Waals surface area contributed by atoms with Gasteiger partial charge in [-0.3, -0.25) is 0 Å². The molecule has 0 amide bonds. The van der Waals surface area contributed by atoms with Crippen LogP contribution in [0.15, 0.2) is 0 Å². The Morgan fingerprint density at radius 3 is 3.00 bits per heavy atom. The highest BCUT2D eigenvalue weighted by molar-refractivity contribution is 4.92. The fourth-order valence-electron chi connectivity index (χ4n) is 0.125. The number of hydrogen-bond donors (Lipinski definition) is 0. The molecule has 0 spiro atoms. The van der Waals surface area contributed by atoms with E-state index in [1.165, 1.54) is 0 Å². The Morgan fingerprint density at radius 1 is 2.00 bits per heavy atom. The zero-order valence-electron chi connectivity index (χ0n) is 4.41. The van der Waals surface area contributed by atoms with Crippen molar-refractivity contribution in [3.8, 4) is 11.8 Å². The molecule has 0 aromatic carbocycles. The lowest BCUT2D eigenvalue weighted by Crippen LogP contribution is -1.45. The van der Waals surface area contributed by atoms with E-state index in [4.69, 9.17) is 1.37 Å². The lowest BCUT2D eigenvalue weighted by Gasteiger charge is -1.58. The molecule has 0 nitrogen and oxygen atoms in total. The Balaban J connectivity index is 2.90. The van der Waals surface area contributed by atoms with Crippen molar-refractivity contribution < 1.29 is 1.37 Å². The molecule has 0 aliphatic carbocycles. The van der Waals surface area contributed by atoms with Crippen LogP contribution in [-0.2, 0) is 0 Å². The Bertz CT molecular complexity index is 57.7. The first-order valence-corrected chi connectivity index (χ1v) is 1.66. The van der Waals surface area contributed by atoms with E-state index in [0.717, 1.165) is 6.42 Å². The van der Waals surface area contributed by atoms with E-state index in [2.05, 4.69) is 11.8 Å². The first-order valence-electron chi connectivity index (χ1n) is 2.37. The maximum atomic E-state index is 6.53. The molecule has 0 heterocycles. The topological polar surface area (TPSA) is 0 Å². The Kier molecular flexibility index (Phi) is 1.98. The average molecular weight is 69.1 g/mol. The molecular weight excluding hydrogens is 60.1 g/mol. The predicted molar refractivity (Wildman–Crippen MR) is 23.7 cm³/mol. The minimum absolute atomic E-state index is 0.244. The van der Waals surface area contributed by atoms with Crippen LogP contribution in [0, 0.1) is 11.8 Å². The van der Waals surface area contributed by atoms with Gasteiger partial charge in [0.15, 0.2) is 0 Å². The molecule has 0 unspecified atom stereocenters. The van der Waals surface area contributed by atoms with Crippen LogP contribution in [0.3, 0.4) is 0 Å². The smallest absolute Gasteiger partial charge is 0.0366 e. The van der Waals surface area contributed by atoms with Gasteiger partial charge >= 0.3 is 0 Å². The molecule has 0 rings (SSSR count). The fraction of sp³-hybridized carbons (Fsp3) is 0.600. The second-order valence-electron chi connectivity index (χ2n) is 0.707. The molecule has 0 aromatic heterocycles. The molecule has 0 aliphatic heterocycles. The minimum atomic E-state index is 0.244. The summed E-state index contributed by atoms with van der Waals surface area (Å²) in [5.41, 5.74) is 0. The third-order valence-electron chi connectivity index (χ3n) is 0.302. The van der Waals surface area contributed by atoms with Gasteiger partial charge in [0.05, 0.1) is 0 Å². The highest BCUT2D eigenvalue weighted by atomic mass is 13.5. The van der Waals surface area contributed by atoms with Crippen LogP contribution in [0.5, 0.6) is 0 Å². The lowest BCUT2D eigenvalue weighted by molar-refractivity contribution is 1.28. The maximum absolute atomic E-state index is 6.53. The summed E-state index contributed by atoms with van der Waals surface area (Å²) in [6.45, 7) is 2.22. The van der Waals surface area contributed by atoms with Gasteiger partial charge in [0.2, 0.25) is 0 Å². The number of rotatable bonds is 0. The second kappa shape index (κ2) is 3.56. The lowest BCUT2D eigenvalue weighted by atomic mass is 10.5. The number of hydrogen-bond acceptors (Lipinski definition) is 0. The summed E-state index contributed by atoms with van der Waals surface area (Å²) in [5.74, 6) is 5.38. The molecular formula is C5H8. The molecule has 0 saturated carbocycles. The van der Waals surface area contributed by atoms with E-state index >= 15 is 0 Å². The normalized spacial score (nSPS) is 7.80. The van der Waals surface area contributed by atoms with Crippen molar-refractivity contribution in [2.45, 2.75) is 20.2 Å². The molecule has 28 valence electrons. The molecule has 0 radical (unpaired) electrons. The predicted octanol–water partition coefficient (Wildman–Crippen LogP) is 1.42. The average Bonchev–Trinajstić information content (AvgIpc) is 1.61. The molecule has 0 N–H and O–H groups in total. The summed E-state index contributed by atoms with van der Waals surface area (Å²) < 4.78 is 6.53. The fourth-order valence-corrected chi connectivity index (χ4v) is 0.125. The van der Waals surface area contributed by atoms with Crippen LogP contribution >= 0.6 is 0 Å². The first-order chi connectivity index (χ1) is 2.91. The molecule has 0 aliphatic rings. The van der Waals surface area contributed by atoms with Gasteiger partial charge < -0.3 is 0 Å². The van der Waals surface area contributed by atoms with E-state index in [-0.39, 0.29) is 6.90 Å². The van der Waals surface area contributed by atoms with E-state index in [1.807, 2.05) is 6.92 Å². The van der Waals surface area contributed by atoms with Crippen molar-refractivity contribution in [2.24, 2.45) is 0 Å². The maximum Gasteiger partial charge on any atom is 0.0366 e. The monoisotopic (exact) mass is 69.1 g/mol. The highest BCUT2D eigenvalue weighted by Gasteiger charge is 1.48. The van der Waals surface area contributed by atoms with Gasteiger partial charge in [-0.1, -0.05) is 6.92 Å². The zero-order chi connectivity index (χ0) is 4.83. The molecule has 5 heavy (non-hydrogen) atoms. The van der Waals surface area contributed by atoms with Crippen LogP contribution in [0.1, 0.15) is 21.6 Å². The van der Waals surface area contributed by atoms with Crippen molar-refractivity contribution in [3.63, 3.8) is 0 Å². The van der Waals surface area contributed by atoms with Crippen molar-refractivity contribution in [1.29, 1.82) is 0 Å². The van der Waals surface area contributed by atoms with Crippen molar-refractivity contribution >= 4 is 0 Å². The van der Waals surface area contributed by atoms with E-state index in [9.17, 15) is 0 Å². The van der Waals surface area contributed by atoms with Crippen molar-refractivity contribution in [3.05, 3.63) is 0 Å². The SMILES string of the molecule is [2H]CC#CCC.